The standard InChI is InChI=1S/C25H31N5O3/c1-18(31)14-27-23(32)13-20-16-30-21(8-5-9-22(30)29-20)24(33)28-17-25(10-3-2-4-11-25)19-7-6-12-26-15-19/h5-9,12,15-16,18,31H,2-4,10-11,13-14,17H2,1H3,(H,27,32)(H,28,33). The van der Waals surface area contributed by atoms with Crippen LogP contribution in [0.15, 0.2) is 48.9 Å². The summed E-state index contributed by atoms with van der Waals surface area (Å²) in [4.78, 5) is 34.1. The molecule has 3 aromatic heterocycles. The summed E-state index contributed by atoms with van der Waals surface area (Å²) in [6.07, 6.45) is 10.5. The summed E-state index contributed by atoms with van der Waals surface area (Å²) < 4.78 is 1.73. The normalized spacial score (nSPS) is 16.3. The van der Waals surface area contributed by atoms with Crippen LogP contribution in [-0.2, 0) is 16.6 Å². The molecule has 2 amide bonds. The quantitative estimate of drug-likeness (QED) is 0.489. The minimum atomic E-state index is -0.607. The van der Waals surface area contributed by atoms with Crippen LogP contribution in [0.1, 0.15) is 60.8 Å². The molecular formula is C25H31N5O3. The second-order valence-corrected chi connectivity index (χ2v) is 8.97. The highest BCUT2D eigenvalue weighted by atomic mass is 16.3. The molecule has 3 heterocycles. The minimum absolute atomic E-state index is 0.0829. The number of amides is 2. The van der Waals surface area contributed by atoms with E-state index in [4.69, 9.17) is 0 Å². The van der Waals surface area contributed by atoms with E-state index in [2.05, 4.69) is 26.7 Å². The van der Waals surface area contributed by atoms with E-state index in [1.54, 1.807) is 35.9 Å². The third-order valence-corrected chi connectivity index (χ3v) is 6.38. The zero-order valence-electron chi connectivity index (χ0n) is 19.0. The number of rotatable bonds is 8. The summed E-state index contributed by atoms with van der Waals surface area (Å²) in [6, 6.07) is 9.44. The van der Waals surface area contributed by atoms with Gasteiger partial charge in [0.15, 0.2) is 0 Å². The Morgan fingerprint density at radius 1 is 1.15 bits per heavy atom. The highest BCUT2D eigenvalue weighted by Gasteiger charge is 2.34. The van der Waals surface area contributed by atoms with Crippen molar-refractivity contribution in [2.45, 2.75) is 57.0 Å². The third-order valence-electron chi connectivity index (χ3n) is 6.38. The molecular weight excluding hydrogens is 418 g/mol. The maximum Gasteiger partial charge on any atom is 0.268 e. The monoisotopic (exact) mass is 449 g/mol. The zero-order valence-corrected chi connectivity index (χ0v) is 19.0. The van der Waals surface area contributed by atoms with Gasteiger partial charge in [0.2, 0.25) is 5.91 Å². The van der Waals surface area contributed by atoms with Crippen molar-refractivity contribution in [1.82, 2.24) is 25.0 Å². The molecule has 3 N–H and O–H groups in total. The van der Waals surface area contributed by atoms with Crippen molar-refractivity contribution in [3.8, 4) is 0 Å². The predicted molar refractivity (Wildman–Crippen MR) is 125 cm³/mol. The minimum Gasteiger partial charge on any atom is -0.392 e. The number of hydrogen-bond acceptors (Lipinski definition) is 5. The number of aliphatic hydroxyl groups excluding tert-OH is 1. The number of carbonyl (C=O) groups excluding carboxylic acids is 2. The number of aromatic nitrogens is 3. The van der Waals surface area contributed by atoms with Crippen LogP contribution in [0.2, 0.25) is 0 Å². The van der Waals surface area contributed by atoms with Crippen LogP contribution in [0, 0.1) is 0 Å². The van der Waals surface area contributed by atoms with E-state index in [1.807, 2.05) is 18.3 Å². The van der Waals surface area contributed by atoms with Crippen molar-refractivity contribution in [3.05, 3.63) is 65.9 Å². The highest BCUT2D eigenvalue weighted by molar-refractivity contribution is 5.93. The first-order valence-electron chi connectivity index (χ1n) is 11.6. The van der Waals surface area contributed by atoms with Crippen LogP contribution in [0.25, 0.3) is 5.65 Å². The number of carbonyl (C=O) groups is 2. The van der Waals surface area contributed by atoms with Gasteiger partial charge in [-0.05, 0) is 43.5 Å². The largest absolute Gasteiger partial charge is 0.392 e. The Bertz CT molecular complexity index is 1100. The van der Waals surface area contributed by atoms with Gasteiger partial charge in [0, 0.05) is 37.1 Å². The summed E-state index contributed by atoms with van der Waals surface area (Å²) >= 11 is 0. The summed E-state index contributed by atoms with van der Waals surface area (Å²) in [5.41, 5.74) is 2.74. The van der Waals surface area contributed by atoms with Crippen molar-refractivity contribution < 1.29 is 14.7 Å². The lowest BCUT2D eigenvalue weighted by molar-refractivity contribution is -0.120. The number of fused-ring (bicyclic) bond motifs is 1. The van der Waals surface area contributed by atoms with Crippen LogP contribution in [0.5, 0.6) is 0 Å². The molecule has 174 valence electrons. The van der Waals surface area contributed by atoms with Crippen LogP contribution in [0.3, 0.4) is 0 Å². The average Bonchev–Trinajstić information content (AvgIpc) is 3.25. The summed E-state index contributed by atoms with van der Waals surface area (Å²) in [6.45, 7) is 2.36. The van der Waals surface area contributed by atoms with E-state index < -0.39 is 6.10 Å². The second-order valence-electron chi connectivity index (χ2n) is 8.97. The van der Waals surface area contributed by atoms with Crippen molar-refractivity contribution in [2.24, 2.45) is 0 Å². The van der Waals surface area contributed by atoms with Gasteiger partial charge in [0.1, 0.15) is 11.3 Å². The van der Waals surface area contributed by atoms with Crippen LogP contribution >= 0.6 is 0 Å². The van der Waals surface area contributed by atoms with Crippen molar-refractivity contribution >= 4 is 17.5 Å². The molecule has 33 heavy (non-hydrogen) atoms. The Morgan fingerprint density at radius 3 is 2.70 bits per heavy atom. The molecule has 4 rings (SSSR count). The average molecular weight is 450 g/mol. The fraction of sp³-hybridized carbons (Fsp3) is 0.440. The van der Waals surface area contributed by atoms with Gasteiger partial charge in [-0.1, -0.05) is 31.4 Å². The zero-order chi connectivity index (χ0) is 23.3. The lowest BCUT2D eigenvalue weighted by Gasteiger charge is -2.37. The van der Waals surface area contributed by atoms with Gasteiger partial charge in [0.05, 0.1) is 18.2 Å². The molecule has 1 atom stereocenters. The number of nitrogens with one attached hydrogen (secondary N) is 2. The molecule has 0 bridgehead atoms. The molecule has 1 aliphatic rings. The number of pyridine rings is 2. The van der Waals surface area contributed by atoms with E-state index in [-0.39, 0.29) is 30.2 Å². The number of imidazole rings is 1. The molecule has 1 saturated carbocycles. The molecule has 0 saturated heterocycles. The first-order chi connectivity index (χ1) is 16.0. The Morgan fingerprint density at radius 2 is 1.97 bits per heavy atom. The van der Waals surface area contributed by atoms with Gasteiger partial charge in [0.25, 0.3) is 5.91 Å². The van der Waals surface area contributed by atoms with E-state index in [0.717, 1.165) is 25.7 Å². The predicted octanol–water partition coefficient (Wildman–Crippen LogP) is 2.40. The molecule has 3 aromatic rings. The molecule has 8 nitrogen and oxygen atoms in total. The first kappa shape index (κ1) is 22.9. The van der Waals surface area contributed by atoms with Gasteiger partial charge >= 0.3 is 0 Å². The van der Waals surface area contributed by atoms with E-state index in [1.165, 1.54) is 12.0 Å². The molecule has 1 aliphatic carbocycles. The molecule has 1 unspecified atom stereocenters. The topological polar surface area (TPSA) is 109 Å². The Kier molecular flexibility index (Phi) is 7.03. The van der Waals surface area contributed by atoms with Gasteiger partial charge in [-0.2, -0.15) is 0 Å². The fourth-order valence-electron chi connectivity index (χ4n) is 4.63. The van der Waals surface area contributed by atoms with Crippen LogP contribution in [-0.4, -0.2) is 50.5 Å². The lowest BCUT2D eigenvalue weighted by Crippen LogP contribution is -2.42. The van der Waals surface area contributed by atoms with Gasteiger partial charge in [-0.15, -0.1) is 0 Å². The highest BCUT2D eigenvalue weighted by Crippen LogP contribution is 2.38. The number of nitrogens with zero attached hydrogens (tertiary/aromatic N) is 3. The molecule has 0 aliphatic heterocycles. The number of hydrogen-bond donors (Lipinski definition) is 3. The molecule has 0 aromatic carbocycles. The Hall–Kier alpha value is -3.26. The van der Waals surface area contributed by atoms with Crippen molar-refractivity contribution in [1.29, 1.82) is 0 Å². The SMILES string of the molecule is CC(O)CNC(=O)Cc1cn2c(C(=O)NCC3(c4cccnc4)CCCCC3)cccc2n1. The number of aliphatic hydroxyl groups is 1. The third kappa shape index (κ3) is 5.39. The van der Waals surface area contributed by atoms with Gasteiger partial charge in [-0.3, -0.25) is 19.0 Å². The summed E-state index contributed by atoms with van der Waals surface area (Å²) in [5.74, 6) is -0.391. The van der Waals surface area contributed by atoms with Crippen molar-refractivity contribution in [3.63, 3.8) is 0 Å². The van der Waals surface area contributed by atoms with E-state index in [0.29, 0.717) is 23.6 Å². The molecule has 0 spiro atoms. The summed E-state index contributed by atoms with van der Waals surface area (Å²) in [7, 11) is 0. The van der Waals surface area contributed by atoms with E-state index in [9.17, 15) is 14.7 Å². The molecule has 0 radical (unpaired) electrons. The van der Waals surface area contributed by atoms with E-state index >= 15 is 0 Å². The lowest BCUT2D eigenvalue weighted by atomic mass is 9.70. The summed E-state index contributed by atoms with van der Waals surface area (Å²) in [5, 5.41) is 15.2. The van der Waals surface area contributed by atoms with Gasteiger partial charge in [-0.25, -0.2) is 4.98 Å². The Labute approximate surface area is 193 Å². The first-order valence-corrected chi connectivity index (χ1v) is 11.6. The fourth-order valence-corrected chi connectivity index (χ4v) is 4.63. The smallest absolute Gasteiger partial charge is 0.268 e. The van der Waals surface area contributed by atoms with Crippen molar-refractivity contribution in [2.75, 3.05) is 13.1 Å². The maximum atomic E-state index is 13.2. The van der Waals surface area contributed by atoms with Crippen LogP contribution < -0.4 is 10.6 Å². The van der Waals surface area contributed by atoms with Crippen LogP contribution in [0.4, 0.5) is 0 Å². The second kappa shape index (κ2) is 10.1. The molecule has 1 fully saturated rings. The van der Waals surface area contributed by atoms with Gasteiger partial charge < -0.3 is 15.7 Å². The maximum absolute atomic E-state index is 13.2. The molecule has 8 heteroatoms. The Balaban J connectivity index is 1.49.